The molecule has 1 aromatic heterocycles. The van der Waals surface area contributed by atoms with E-state index in [9.17, 15) is 8.42 Å². The summed E-state index contributed by atoms with van der Waals surface area (Å²) in [5, 5.41) is 0.0261. The van der Waals surface area contributed by atoms with Crippen molar-refractivity contribution in [3.05, 3.63) is 18.6 Å². The minimum absolute atomic E-state index is 0.0261. The number of hydrogen-bond acceptors (Lipinski definition) is 4. The third-order valence-corrected chi connectivity index (χ3v) is 3.25. The molecule has 0 N–H and O–H groups in total. The lowest BCUT2D eigenvalue weighted by Crippen LogP contribution is -2.09. The standard InChI is InChI=1S/C6H7ClN2O2S/c7-2-4-12(10,11)6-1-3-8-5-9-6/h1,3,5H,2,4H2. The molecule has 1 heterocycles. The Morgan fingerprint density at radius 3 is 2.75 bits per heavy atom. The first-order valence-corrected chi connectivity index (χ1v) is 5.40. The summed E-state index contributed by atoms with van der Waals surface area (Å²) in [7, 11) is -3.29. The van der Waals surface area contributed by atoms with E-state index in [1.165, 1.54) is 18.6 Å². The number of alkyl halides is 1. The molecule has 0 aliphatic heterocycles. The predicted molar refractivity (Wildman–Crippen MR) is 44.8 cm³/mol. The maximum atomic E-state index is 11.3. The van der Waals surface area contributed by atoms with Gasteiger partial charge in [-0.05, 0) is 6.07 Å². The third-order valence-electron chi connectivity index (χ3n) is 1.22. The average molecular weight is 207 g/mol. The molecule has 66 valence electrons. The Kier molecular flexibility index (Phi) is 2.99. The van der Waals surface area contributed by atoms with Gasteiger partial charge in [0.15, 0.2) is 14.9 Å². The molecule has 0 amide bonds. The van der Waals surface area contributed by atoms with Gasteiger partial charge in [-0.25, -0.2) is 18.4 Å². The van der Waals surface area contributed by atoms with Gasteiger partial charge < -0.3 is 0 Å². The molecule has 0 aromatic carbocycles. The summed E-state index contributed by atoms with van der Waals surface area (Å²) in [6, 6.07) is 1.35. The van der Waals surface area contributed by atoms with Gasteiger partial charge in [0.25, 0.3) is 0 Å². The number of aromatic nitrogens is 2. The zero-order valence-electron chi connectivity index (χ0n) is 6.14. The molecule has 0 atom stereocenters. The normalized spacial score (nSPS) is 11.4. The molecule has 1 aromatic rings. The highest BCUT2D eigenvalue weighted by atomic mass is 35.5. The Morgan fingerprint density at radius 2 is 2.25 bits per heavy atom. The highest BCUT2D eigenvalue weighted by Crippen LogP contribution is 2.05. The van der Waals surface area contributed by atoms with Gasteiger partial charge in [0, 0.05) is 12.1 Å². The number of nitrogens with zero attached hydrogens (tertiary/aromatic N) is 2. The van der Waals surface area contributed by atoms with Crippen molar-refractivity contribution in [3.8, 4) is 0 Å². The third kappa shape index (κ3) is 2.15. The van der Waals surface area contributed by atoms with Gasteiger partial charge >= 0.3 is 0 Å². The molecule has 0 saturated carbocycles. The highest BCUT2D eigenvalue weighted by Gasteiger charge is 2.13. The van der Waals surface area contributed by atoms with Crippen molar-refractivity contribution in [3.63, 3.8) is 0 Å². The van der Waals surface area contributed by atoms with Crippen molar-refractivity contribution in [2.45, 2.75) is 5.03 Å². The molecule has 0 aliphatic rings. The molecule has 4 nitrogen and oxygen atoms in total. The fraction of sp³-hybridized carbons (Fsp3) is 0.333. The van der Waals surface area contributed by atoms with Crippen molar-refractivity contribution in [2.24, 2.45) is 0 Å². The van der Waals surface area contributed by atoms with E-state index < -0.39 is 9.84 Å². The van der Waals surface area contributed by atoms with Gasteiger partial charge in [-0.15, -0.1) is 11.6 Å². The zero-order valence-corrected chi connectivity index (χ0v) is 7.72. The molecule has 12 heavy (non-hydrogen) atoms. The van der Waals surface area contributed by atoms with Crippen LogP contribution in [0.1, 0.15) is 0 Å². The van der Waals surface area contributed by atoms with Crippen LogP contribution in [-0.4, -0.2) is 30.0 Å². The SMILES string of the molecule is O=S(=O)(CCCl)c1ccncn1. The lowest BCUT2D eigenvalue weighted by atomic mass is 10.7. The Hall–Kier alpha value is -0.680. The molecular weight excluding hydrogens is 200 g/mol. The minimum atomic E-state index is -3.29. The maximum absolute atomic E-state index is 11.3. The van der Waals surface area contributed by atoms with Crippen LogP contribution in [-0.2, 0) is 9.84 Å². The van der Waals surface area contributed by atoms with Crippen LogP contribution in [0, 0.1) is 0 Å². The summed E-state index contributed by atoms with van der Waals surface area (Å²) in [6.07, 6.45) is 2.58. The molecule has 0 unspecified atom stereocenters. The first-order valence-electron chi connectivity index (χ1n) is 3.21. The van der Waals surface area contributed by atoms with Crippen molar-refractivity contribution >= 4 is 21.4 Å². The van der Waals surface area contributed by atoms with E-state index in [0.29, 0.717) is 0 Å². The minimum Gasteiger partial charge on any atom is -0.245 e. The summed E-state index contributed by atoms with van der Waals surface area (Å²) in [5.74, 6) is -0.0160. The molecule has 0 saturated heterocycles. The van der Waals surface area contributed by atoms with Crippen molar-refractivity contribution in [2.75, 3.05) is 11.6 Å². The Balaban J connectivity index is 2.99. The molecule has 0 spiro atoms. The van der Waals surface area contributed by atoms with E-state index in [2.05, 4.69) is 9.97 Å². The fourth-order valence-electron chi connectivity index (χ4n) is 0.669. The first-order chi connectivity index (χ1) is 5.67. The molecule has 0 fully saturated rings. The van der Waals surface area contributed by atoms with Crippen LogP contribution >= 0.6 is 11.6 Å². The molecule has 0 aliphatic carbocycles. The second kappa shape index (κ2) is 3.82. The quantitative estimate of drug-likeness (QED) is 0.534. The van der Waals surface area contributed by atoms with E-state index in [1.807, 2.05) is 0 Å². The molecular formula is C6H7ClN2O2S. The van der Waals surface area contributed by atoms with E-state index in [1.54, 1.807) is 0 Å². The summed E-state index contributed by atoms with van der Waals surface area (Å²) in [4.78, 5) is 7.22. The van der Waals surface area contributed by atoms with Crippen LogP contribution in [0.5, 0.6) is 0 Å². The number of hydrogen-bond donors (Lipinski definition) is 0. The van der Waals surface area contributed by atoms with Crippen LogP contribution in [0.15, 0.2) is 23.6 Å². The maximum Gasteiger partial charge on any atom is 0.196 e. The smallest absolute Gasteiger partial charge is 0.196 e. The van der Waals surface area contributed by atoms with Crippen LogP contribution in [0.25, 0.3) is 0 Å². The Bertz CT molecular complexity index is 338. The van der Waals surface area contributed by atoms with Gasteiger partial charge in [0.05, 0.1) is 5.75 Å². The van der Waals surface area contributed by atoms with Crippen LogP contribution in [0.3, 0.4) is 0 Å². The Morgan fingerprint density at radius 1 is 1.50 bits per heavy atom. The lowest BCUT2D eigenvalue weighted by molar-refractivity contribution is 0.593. The molecule has 0 bridgehead atoms. The Labute approximate surface area is 75.5 Å². The van der Waals surface area contributed by atoms with Gasteiger partial charge in [-0.1, -0.05) is 0 Å². The van der Waals surface area contributed by atoms with Crippen molar-refractivity contribution in [1.82, 2.24) is 9.97 Å². The highest BCUT2D eigenvalue weighted by molar-refractivity contribution is 7.91. The first kappa shape index (κ1) is 9.41. The predicted octanol–water partition coefficient (Wildman–Crippen LogP) is 0.489. The summed E-state index contributed by atoms with van der Waals surface area (Å²) >= 11 is 5.31. The second-order valence-corrected chi connectivity index (χ2v) is 4.49. The zero-order chi connectivity index (χ0) is 9.03. The van der Waals surface area contributed by atoms with E-state index in [-0.39, 0.29) is 16.7 Å². The second-order valence-electron chi connectivity index (χ2n) is 2.06. The monoisotopic (exact) mass is 206 g/mol. The van der Waals surface area contributed by atoms with Gasteiger partial charge in [-0.3, -0.25) is 0 Å². The van der Waals surface area contributed by atoms with Gasteiger partial charge in [0.2, 0.25) is 0 Å². The van der Waals surface area contributed by atoms with Gasteiger partial charge in [-0.2, -0.15) is 0 Å². The largest absolute Gasteiger partial charge is 0.245 e. The number of sulfone groups is 1. The molecule has 6 heteroatoms. The number of halogens is 1. The van der Waals surface area contributed by atoms with Crippen LogP contribution in [0.2, 0.25) is 0 Å². The van der Waals surface area contributed by atoms with Crippen molar-refractivity contribution < 1.29 is 8.42 Å². The average Bonchev–Trinajstić information content (AvgIpc) is 2.06. The van der Waals surface area contributed by atoms with E-state index in [4.69, 9.17) is 11.6 Å². The summed E-state index contributed by atoms with van der Waals surface area (Å²) in [5.41, 5.74) is 0. The van der Waals surface area contributed by atoms with E-state index >= 15 is 0 Å². The summed E-state index contributed by atoms with van der Waals surface area (Å²) in [6.45, 7) is 0. The number of rotatable bonds is 3. The summed E-state index contributed by atoms with van der Waals surface area (Å²) < 4.78 is 22.5. The van der Waals surface area contributed by atoms with Crippen LogP contribution < -0.4 is 0 Å². The topological polar surface area (TPSA) is 59.9 Å². The molecule has 0 radical (unpaired) electrons. The van der Waals surface area contributed by atoms with Crippen LogP contribution in [0.4, 0.5) is 0 Å². The fourth-order valence-corrected chi connectivity index (χ4v) is 2.17. The van der Waals surface area contributed by atoms with Gasteiger partial charge in [0.1, 0.15) is 6.33 Å². The van der Waals surface area contributed by atoms with E-state index in [0.717, 1.165) is 0 Å². The van der Waals surface area contributed by atoms with Crippen molar-refractivity contribution in [1.29, 1.82) is 0 Å². The lowest BCUT2D eigenvalue weighted by Gasteiger charge is -1.98. The molecule has 1 rings (SSSR count).